The number of pyridine rings is 1. The van der Waals surface area contributed by atoms with Gasteiger partial charge in [0.1, 0.15) is 5.15 Å². The van der Waals surface area contributed by atoms with Crippen molar-refractivity contribution in [3.05, 3.63) is 57.8 Å². The fraction of sp³-hybridized carbons (Fsp3) is 0.312. The van der Waals surface area contributed by atoms with Crippen LogP contribution in [0.3, 0.4) is 0 Å². The monoisotopic (exact) mass is 306 g/mol. The third-order valence-electron chi connectivity index (χ3n) is 3.89. The Bertz CT molecular complexity index is 622. The molecule has 2 nitrogen and oxygen atoms in total. The van der Waals surface area contributed by atoms with Crippen molar-refractivity contribution in [2.45, 2.75) is 31.7 Å². The molecule has 1 aromatic carbocycles. The van der Waals surface area contributed by atoms with Crippen LogP contribution < -0.4 is 5.32 Å². The van der Waals surface area contributed by atoms with E-state index in [4.69, 9.17) is 23.2 Å². The zero-order chi connectivity index (χ0) is 14.1. The Morgan fingerprint density at radius 3 is 2.55 bits per heavy atom. The van der Waals surface area contributed by atoms with E-state index >= 15 is 0 Å². The molecule has 1 fully saturated rings. The molecule has 0 aliphatic heterocycles. The van der Waals surface area contributed by atoms with Gasteiger partial charge < -0.3 is 5.32 Å². The minimum atomic E-state index is 0.484. The van der Waals surface area contributed by atoms with Gasteiger partial charge in [0, 0.05) is 11.1 Å². The number of halogens is 2. The number of anilines is 1. The van der Waals surface area contributed by atoms with Crippen LogP contribution in [0.2, 0.25) is 10.2 Å². The highest BCUT2D eigenvalue weighted by Gasteiger charge is 2.31. The smallest absolute Gasteiger partial charge is 0.129 e. The molecular weight excluding hydrogens is 291 g/mol. The predicted octanol–water partition coefficient (Wildman–Crippen LogP) is 5.05. The fourth-order valence-corrected chi connectivity index (χ4v) is 3.18. The maximum Gasteiger partial charge on any atom is 0.129 e. The van der Waals surface area contributed by atoms with Gasteiger partial charge in [0.2, 0.25) is 0 Å². The molecule has 1 aliphatic carbocycles. The van der Waals surface area contributed by atoms with Crippen molar-refractivity contribution in [2.75, 3.05) is 5.32 Å². The second kappa shape index (κ2) is 5.63. The van der Waals surface area contributed by atoms with E-state index in [1.54, 1.807) is 0 Å². The molecule has 3 rings (SSSR count). The van der Waals surface area contributed by atoms with E-state index in [-0.39, 0.29) is 0 Å². The molecule has 0 unspecified atom stereocenters. The van der Waals surface area contributed by atoms with E-state index in [1.165, 1.54) is 5.56 Å². The van der Waals surface area contributed by atoms with E-state index in [2.05, 4.69) is 22.4 Å². The number of aromatic nitrogens is 1. The van der Waals surface area contributed by atoms with Crippen LogP contribution in [0.15, 0.2) is 36.4 Å². The lowest BCUT2D eigenvalue weighted by atomic mass is 9.75. The molecule has 4 heteroatoms. The van der Waals surface area contributed by atoms with Crippen molar-refractivity contribution < 1.29 is 0 Å². The maximum absolute atomic E-state index is 6.24. The number of rotatable bonds is 3. The third-order valence-corrected chi connectivity index (χ3v) is 4.45. The predicted molar refractivity (Wildman–Crippen MR) is 84.8 cm³/mol. The normalized spacial score (nSPS) is 21.4. The summed E-state index contributed by atoms with van der Waals surface area (Å²) in [5.41, 5.74) is 3.27. The Morgan fingerprint density at radius 2 is 1.85 bits per heavy atom. The van der Waals surface area contributed by atoms with Crippen LogP contribution >= 0.6 is 23.2 Å². The summed E-state index contributed by atoms with van der Waals surface area (Å²) >= 11 is 12.1. The van der Waals surface area contributed by atoms with Crippen LogP contribution in [0.5, 0.6) is 0 Å². The van der Waals surface area contributed by atoms with Gasteiger partial charge in [-0.3, -0.25) is 0 Å². The van der Waals surface area contributed by atoms with Crippen LogP contribution in [-0.2, 0) is 0 Å². The van der Waals surface area contributed by atoms with Gasteiger partial charge in [0.15, 0.2) is 0 Å². The maximum atomic E-state index is 6.24. The molecule has 1 aliphatic rings. The van der Waals surface area contributed by atoms with Crippen LogP contribution in [0.1, 0.15) is 30.0 Å². The van der Waals surface area contributed by atoms with Crippen molar-refractivity contribution >= 4 is 28.9 Å². The molecule has 0 amide bonds. The molecule has 2 aromatic rings. The van der Waals surface area contributed by atoms with Crippen molar-refractivity contribution in [3.8, 4) is 0 Å². The molecule has 1 heterocycles. The number of nitrogens with one attached hydrogen (secondary N) is 1. The van der Waals surface area contributed by atoms with Gasteiger partial charge in [-0.25, -0.2) is 4.98 Å². The summed E-state index contributed by atoms with van der Waals surface area (Å²) in [4.78, 5) is 4.26. The van der Waals surface area contributed by atoms with E-state index in [0.717, 1.165) is 29.2 Å². The second-order valence-corrected chi connectivity index (χ2v) is 6.09. The third kappa shape index (κ3) is 2.77. The average molecular weight is 307 g/mol. The minimum Gasteiger partial charge on any atom is -0.381 e. The molecular formula is C16H16Cl2N2. The molecule has 0 saturated heterocycles. The molecule has 0 atom stereocenters. The highest BCUT2D eigenvalue weighted by Crippen LogP contribution is 2.41. The Hall–Kier alpha value is -1.25. The first-order chi connectivity index (χ1) is 9.63. The van der Waals surface area contributed by atoms with Crippen molar-refractivity contribution in [1.29, 1.82) is 0 Å². The van der Waals surface area contributed by atoms with E-state index in [9.17, 15) is 0 Å². The number of hydrogen-bond donors (Lipinski definition) is 1. The molecule has 1 N–H and O–H groups in total. The quantitative estimate of drug-likeness (QED) is 0.802. The van der Waals surface area contributed by atoms with E-state index < -0.39 is 0 Å². The lowest BCUT2D eigenvalue weighted by Crippen LogP contribution is -2.34. The summed E-state index contributed by atoms with van der Waals surface area (Å²) in [6.45, 7) is 1.97. The van der Waals surface area contributed by atoms with Crippen LogP contribution in [0.4, 0.5) is 5.69 Å². The molecule has 1 aromatic heterocycles. The zero-order valence-electron chi connectivity index (χ0n) is 11.2. The standard InChI is InChI=1S/C16H16Cl2N2/c1-10-15(6-7-16(18)19-10)20-12-8-11(9-12)13-4-2-3-5-14(13)17/h2-7,11-12,20H,8-9H2,1H3. The number of aryl methyl sites for hydroxylation is 1. The zero-order valence-corrected chi connectivity index (χ0v) is 12.7. The Kier molecular flexibility index (Phi) is 3.86. The van der Waals surface area contributed by atoms with Crippen molar-refractivity contribution in [3.63, 3.8) is 0 Å². The van der Waals surface area contributed by atoms with Crippen molar-refractivity contribution in [1.82, 2.24) is 4.98 Å². The van der Waals surface area contributed by atoms with Gasteiger partial charge in [-0.1, -0.05) is 41.4 Å². The van der Waals surface area contributed by atoms with Gasteiger partial charge in [-0.05, 0) is 49.4 Å². The number of hydrogen-bond acceptors (Lipinski definition) is 2. The van der Waals surface area contributed by atoms with E-state index in [1.807, 2.05) is 31.2 Å². The van der Waals surface area contributed by atoms with Gasteiger partial charge in [-0.2, -0.15) is 0 Å². The average Bonchev–Trinajstić information content (AvgIpc) is 2.37. The summed E-state index contributed by atoms with van der Waals surface area (Å²) < 4.78 is 0. The van der Waals surface area contributed by atoms with Crippen LogP contribution in [-0.4, -0.2) is 11.0 Å². The fourth-order valence-electron chi connectivity index (χ4n) is 2.70. The topological polar surface area (TPSA) is 24.9 Å². The summed E-state index contributed by atoms with van der Waals surface area (Å²) in [6, 6.07) is 12.4. The molecule has 0 bridgehead atoms. The van der Waals surface area contributed by atoms with Gasteiger partial charge in [0.05, 0.1) is 11.4 Å². The lowest BCUT2D eigenvalue weighted by Gasteiger charge is -2.37. The largest absolute Gasteiger partial charge is 0.381 e. The summed E-state index contributed by atoms with van der Waals surface area (Å²) in [6.07, 6.45) is 2.21. The summed E-state index contributed by atoms with van der Waals surface area (Å²) in [5, 5.41) is 4.94. The van der Waals surface area contributed by atoms with Gasteiger partial charge in [0.25, 0.3) is 0 Å². The highest BCUT2D eigenvalue weighted by molar-refractivity contribution is 6.31. The second-order valence-electron chi connectivity index (χ2n) is 5.30. The summed E-state index contributed by atoms with van der Waals surface area (Å²) in [7, 11) is 0. The van der Waals surface area contributed by atoms with E-state index in [0.29, 0.717) is 17.1 Å². The molecule has 1 saturated carbocycles. The Labute approximate surface area is 129 Å². The summed E-state index contributed by atoms with van der Waals surface area (Å²) in [5.74, 6) is 0.557. The van der Waals surface area contributed by atoms with Crippen LogP contribution in [0.25, 0.3) is 0 Å². The first-order valence-electron chi connectivity index (χ1n) is 6.77. The molecule has 0 radical (unpaired) electrons. The van der Waals surface area contributed by atoms with Gasteiger partial charge in [-0.15, -0.1) is 0 Å². The minimum absolute atomic E-state index is 0.484. The molecule has 20 heavy (non-hydrogen) atoms. The SMILES string of the molecule is Cc1nc(Cl)ccc1NC1CC(c2ccccc2Cl)C1. The molecule has 0 spiro atoms. The Morgan fingerprint density at radius 1 is 1.10 bits per heavy atom. The highest BCUT2D eigenvalue weighted by atomic mass is 35.5. The number of benzene rings is 1. The molecule has 104 valence electrons. The first kappa shape index (κ1) is 13.7. The Balaban J connectivity index is 1.62. The van der Waals surface area contributed by atoms with Crippen molar-refractivity contribution in [2.24, 2.45) is 0 Å². The number of nitrogens with zero attached hydrogens (tertiary/aromatic N) is 1. The van der Waals surface area contributed by atoms with Crippen LogP contribution in [0, 0.1) is 6.92 Å². The lowest BCUT2D eigenvalue weighted by molar-refractivity contribution is 0.374. The first-order valence-corrected chi connectivity index (χ1v) is 7.53. The van der Waals surface area contributed by atoms with Gasteiger partial charge >= 0.3 is 0 Å².